The highest BCUT2D eigenvalue weighted by Crippen LogP contribution is 2.43. The molecule has 0 unspecified atom stereocenters. The van der Waals surface area contributed by atoms with Crippen molar-refractivity contribution < 1.29 is 24.5 Å². The van der Waals surface area contributed by atoms with Crippen molar-refractivity contribution in [1.82, 2.24) is 0 Å². The van der Waals surface area contributed by atoms with Crippen molar-refractivity contribution in [3.05, 3.63) is 0 Å². The van der Waals surface area contributed by atoms with E-state index in [2.05, 4.69) is 9.47 Å². The van der Waals surface area contributed by atoms with Crippen LogP contribution in [-0.4, -0.2) is 25.2 Å². The zero-order chi connectivity index (χ0) is 14.2. The number of esters is 2. The van der Waals surface area contributed by atoms with Gasteiger partial charge in [-0.15, -0.1) is 0 Å². The predicted molar refractivity (Wildman–Crippen MR) is 49.6 cm³/mol. The summed E-state index contributed by atoms with van der Waals surface area (Å²) in [6.07, 6.45) is -5.17. The number of ether oxygens (including phenoxy) is 2. The smallest absolute Gasteiger partial charge is 0.323 e. The van der Waals surface area contributed by atoms with E-state index in [4.69, 9.17) is 5.48 Å². The Morgan fingerprint density at radius 2 is 1.64 bits per heavy atom. The second kappa shape index (κ2) is 4.44. The molecule has 0 aromatic carbocycles. The van der Waals surface area contributed by atoms with Crippen LogP contribution in [0.5, 0.6) is 0 Å². The molecule has 1 aliphatic rings. The third-order valence-corrected chi connectivity index (χ3v) is 1.87. The fourth-order valence-electron chi connectivity index (χ4n) is 1.12. The van der Waals surface area contributed by atoms with Crippen LogP contribution >= 0.6 is 0 Å². The van der Waals surface area contributed by atoms with Crippen molar-refractivity contribution in [3.8, 4) is 0 Å². The van der Waals surface area contributed by atoms with Crippen LogP contribution in [0.2, 0.25) is 0 Å². The molecule has 1 aliphatic carbocycles. The van der Waals surface area contributed by atoms with E-state index in [1.165, 1.54) is 13.8 Å². The SMILES string of the molecule is [2H]C1([2H])CC([2H])([2H])C1(C(=O)OCC)C(=O)OCC. The van der Waals surface area contributed by atoms with Crippen LogP contribution in [0, 0.1) is 5.41 Å². The van der Waals surface area contributed by atoms with E-state index in [9.17, 15) is 9.59 Å². The number of rotatable bonds is 4. The Balaban J connectivity index is 3.25. The summed E-state index contributed by atoms with van der Waals surface area (Å²) in [5.74, 6) is -2.41. The second-order valence-corrected chi connectivity index (χ2v) is 2.72. The van der Waals surface area contributed by atoms with E-state index in [1.54, 1.807) is 0 Å². The molecule has 0 radical (unpaired) electrons. The van der Waals surface area contributed by atoms with Crippen molar-refractivity contribution in [1.29, 1.82) is 0 Å². The number of hydrogen-bond acceptors (Lipinski definition) is 4. The molecule has 0 N–H and O–H groups in total. The van der Waals surface area contributed by atoms with Crippen LogP contribution in [-0.2, 0) is 19.1 Å². The lowest BCUT2D eigenvalue weighted by Crippen LogP contribution is -2.47. The molecule has 1 fully saturated rings. The number of hydrogen-bond donors (Lipinski definition) is 0. The van der Waals surface area contributed by atoms with Gasteiger partial charge in [0.1, 0.15) is 0 Å². The van der Waals surface area contributed by atoms with E-state index < -0.39 is 36.5 Å². The van der Waals surface area contributed by atoms with Gasteiger partial charge in [-0.3, -0.25) is 9.59 Å². The summed E-state index contributed by atoms with van der Waals surface area (Å²) in [5, 5.41) is 0. The van der Waals surface area contributed by atoms with E-state index >= 15 is 0 Å². The zero-order valence-corrected chi connectivity index (χ0v) is 8.25. The third kappa shape index (κ3) is 1.74. The molecular weight excluding hydrogens is 184 g/mol. The van der Waals surface area contributed by atoms with Gasteiger partial charge in [-0.2, -0.15) is 0 Å². The Labute approximate surface area is 89.2 Å². The maximum atomic E-state index is 11.9. The minimum atomic E-state index is -2.52. The summed E-state index contributed by atoms with van der Waals surface area (Å²) in [5.41, 5.74) is -2.52. The van der Waals surface area contributed by atoms with Gasteiger partial charge in [-0.05, 0) is 33.0 Å². The minimum absolute atomic E-state index is 0.0633. The van der Waals surface area contributed by atoms with Crippen molar-refractivity contribution in [2.24, 2.45) is 5.41 Å². The maximum Gasteiger partial charge on any atom is 0.323 e. The molecule has 0 amide bonds. The van der Waals surface area contributed by atoms with E-state index in [1.807, 2.05) is 0 Å². The van der Waals surface area contributed by atoms with Crippen LogP contribution in [0.3, 0.4) is 0 Å². The highest BCUT2D eigenvalue weighted by atomic mass is 16.6. The number of carbonyl (C=O) groups excluding carboxylic acids is 2. The van der Waals surface area contributed by atoms with Crippen molar-refractivity contribution in [3.63, 3.8) is 0 Å². The number of carbonyl (C=O) groups is 2. The van der Waals surface area contributed by atoms with Gasteiger partial charge >= 0.3 is 11.9 Å². The van der Waals surface area contributed by atoms with Crippen molar-refractivity contribution in [2.75, 3.05) is 13.2 Å². The van der Waals surface area contributed by atoms with Crippen LogP contribution in [0.1, 0.15) is 38.5 Å². The zero-order valence-electron chi connectivity index (χ0n) is 12.3. The maximum absolute atomic E-state index is 11.9. The normalized spacial score (nSPS) is 29.6. The topological polar surface area (TPSA) is 52.6 Å². The first-order chi connectivity index (χ1) is 8.17. The molecule has 0 spiro atoms. The summed E-state index contributed by atoms with van der Waals surface area (Å²) < 4.78 is 40.0. The summed E-state index contributed by atoms with van der Waals surface area (Å²) in [7, 11) is 0. The molecule has 0 atom stereocenters. The molecule has 0 aromatic heterocycles. The summed E-state index contributed by atoms with van der Waals surface area (Å²) in [6.45, 7) is 2.87. The van der Waals surface area contributed by atoms with Gasteiger partial charge in [0.15, 0.2) is 5.41 Å². The average molecular weight is 204 g/mol. The Kier molecular flexibility index (Phi) is 2.04. The molecule has 0 saturated heterocycles. The molecule has 1 rings (SSSR count). The Hall–Kier alpha value is -1.06. The molecule has 80 valence electrons. The average Bonchev–Trinajstić information content (AvgIpc) is 2.15. The predicted octanol–water partition coefficient (Wildman–Crippen LogP) is 1.28. The molecule has 0 bridgehead atoms. The lowest BCUT2D eigenvalue weighted by Gasteiger charge is -2.36. The second-order valence-electron chi connectivity index (χ2n) is 2.72. The van der Waals surface area contributed by atoms with Gasteiger partial charge in [-0.25, -0.2) is 0 Å². The van der Waals surface area contributed by atoms with Gasteiger partial charge in [0, 0.05) is 5.48 Å². The summed E-state index contributed by atoms with van der Waals surface area (Å²) in [6, 6.07) is 0. The van der Waals surface area contributed by atoms with Gasteiger partial charge in [0.2, 0.25) is 0 Å². The lowest BCUT2D eigenvalue weighted by atomic mass is 9.69. The van der Waals surface area contributed by atoms with Crippen molar-refractivity contribution in [2.45, 2.75) is 33.0 Å². The fourth-order valence-corrected chi connectivity index (χ4v) is 1.12. The molecule has 14 heavy (non-hydrogen) atoms. The van der Waals surface area contributed by atoms with Crippen LogP contribution in [0.4, 0.5) is 0 Å². The monoisotopic (exact) mass is 204 g/mol. The largest absolute Gasteiger partial charge is 0.465 e. The first kappa shape index (κ1) is 6.43. The molecule has 0 aromatic rings. The lowest BCUT2D eigenvalue weighted by molar-refractivity contribution is -0.178. The summed E-state index contributed by atoms with van der Waals surface area (Å²) in [4.78, 5) is 23.8. The highest BCUT2D eigenvalue weighted by Gasteiger charge is 2.53. The van der Waals surface area contributed by atoms with Crippen LogP contribution in [0.25, 0.3) is 0 Å². The molecule has 1 saturated carbocycles. The Morgan fingerprint density at radius 3 is 1.93 bits per heavy atom. The fraction of sp³-hybridized carbons (Fsp3) is 0.800. The molecule has 0 heterocycles. The van der Waals surface area contributed by atoms with Crippen LogP contribution < -0.4 is 0 Å². The minimum Gasteiger partial charge on any atom is -0.465 e. The van der Waals surface area contributed by atoms with Crippen molar-refractivity contribution >= 4 is 11.9 Å². The van der Waals surface area contributed by atoms with Gasteiger partial charge in [0.05, 0.1) is 13.2 Å². The van der Waals surface area contributed by atoms with Gasteiger partial charge in [0.25, 0.3) is 0 Å². The van der Waals surface area contributed by atoms with Gasteiger partial charge < -0.3 is 9.47 Å². The first-order valence-electron chi connectivity index (χ1n) is 6.52. The summed E-state index contributed by atoms with van der Waals surface area (Å²) >= 11 is 0. The van der Waals surface area contributed by atoms with Gasteiger partial charge in [-0.1, -0.05) is 0 Å². The van der Waals surface area contributed by atoms with E-state index in [0.717, 1.165) is 0 Å². The Bertz CT molecular complexity index is 333. The van der Waals surface area contributed by atoms with E-state index in [0.29, 0.717) is 0 Å². The Morgan fingerprint density at radius 1 is 1.21 bits per heavy atom. The standard InChI is InChI=1S/C10H16O4/c1-3-13-8(11)10(6-5-7-10)9(12)14-4-2/h3-7H2,1-2H3/i6D2,7D2. The molecular formula is C10H16O4. The highest BCUT2D eigenvalue weighted by molar-refractivity contribution is 6.01. The third-order valence-electron chi connectivity index (χ3n) is 1.87. The molecule has 4 nitrogen and oxygen atoms in total. The van der Waals surface area contributed by atoms with Crippen LogP contribution in [0.15, 0.2) is 0 Å². The molecule has 4 heteroatoms. The van der Waals surface area contributed by atoms with E-state index in [-0.39, 0.29) is 13.2 Å². The first-order valence-corrected chi connectivity index (χ1v) is 4.52. The molecule has 0 aliphatic heterocycles. The quantitative estimate of drug-likeness (QED) is 0.511.